The van der Waals surface area contributed by atoms with Gasteiger partial charge in [0.05, 0.1) is 16.9 Å². The molecule has 0 N–H and O–H groups in total. The van der Waals surface area contributed by atoms with Gasteiger partial charge in [-0.1, -0.05) is 81.6 Å². The summed E-state index contributed by atoms with van der Waals surface area (Å²) >= 11 is -0.0613. The van der Waals surface area contributed by atoms with E-state index in [4.69, 9.17) is 9.97 Å². The second kappa shape index (κ2) is 18.2. The minimum atomic E-state index is -1.89. The molecule has 0 aliphatic heterocycles. The molecule has 1 radical (unpaired) electrons. The largest absolute Gasteiger partial charge is 0 e. The van der Waals surface area contributed by atoms with Crippen LogP contribution in [0.25, 0.3) is 59.5 Å². The summed E-state index contributed by atoms with van der Waals surface area (Å²) in [7, 11) is 0. The molecule has 6 heteroatoms. The maximum atomic E-state index is 5.17. The zero-order chi connectivity index (χ0) is 39.7. The molecular formula is C52H55GeIrN3S-2. The van der Waals surface area contributed by atoms with Crippen LogP contribution < -0.4 is 4.40 Å². The maximum absolute atomic E-state index is 5.17. The first kappa shape index (κ1) is 42.3. The van der Waals surface area contributed by atoms with Crippen molar-refractivity contribution in [1.82, 2.24) is 14.5 Å². The van der Waals surface area contributed by atoms with E-state index in [9.17, 15) is 0 Å². The molecule has 3 aromatic heterocycles. The number of pyridine rings is 1. The summed E-state index contributed by atoms with van der Waals surface area (Å²) in [5, 5.41) is 2.57. The number of hydrogen-bond acceptors (Lipinski definition) is 3. The van der Waals surface area contributed by atoms with Crippen molar-refractivity contribution in [2.75, 3.05) is 0 Å². The Balaban J connectivity index is 0.000000187. The van der Waals surface area contributed by atoms with Crippen LogP contribution in [-0.2, 0) is 26.5 Å². The molecule has 1 aliphatic rings. The van der Waals surface area contributed by atoms with Crippen molar-refractivity contribution in [3.05, 3.63) is 144 Å². The molecule has 0 spiro atoms. The topological polar surface area (TPSA) is 30.7 Å². The van der Waals surface area contributed by atoms with Crippen molar-refractivity contribution in [2.24, 2.45) is 5.92 Å². The van der Waals surface area contributed by atoms with E-state index in [1.807, 2.05) is 23.5 Å². The Kier molecular flexibility index (Phi) is 13.2. The van der Waals surface area contributed by atoms with E-state index in [1.54, 1.807) is 9.96 Å². The second-order valence-electron chi connectivity index (χ2n) is 17.5. The number of imidazole rings is 1. The van der Waals surface area contributed by atoms with Crippen LogP contribution in [0.5, 0.6) is 0 Å². The zero-order valence-corrected chi connectivity index (χ0v) is 40.3. The van der Waals surface area contributed by atoms with Crippen molar-refractivity contribution >= 4 is 60.2 Å². The third kappa shape index (κ3) is 8.85. The van der Waals surface area contributed by atoms with Gasteiger partial charge in [-0.05, 0) is 51.2 Å². The minimum absolute atomic E-state index is 0. The molecule has 8 aromatic rings. The maximum Gasteiger partial charge on any atom is 0 e. The van der Waals surface area contributed by atoms with Gasteiger partial charge in [0.1, 0.15) is 0 Å². The predicted molar refractivity (Wildman–Crippen MR) is 248 cm³/mol. The van der Waals surface area contributed by atoms with Crippen molar-refractivity contribution in [3.8, 4) is 28.3 Å². The monoisotopic (exact) mass is 1020 g/mol. The van der Waals surface area contributed by atoms with Gasteiger partial charge >= 0.3 is 144 Å². The molecule has 0 saturated heterocycles. The van der Waals surface area contributed by atoms with Crippen LogP contribution in [0.1, 0.15) is 88.3 Å². The molecular weight excluding hydrogens is 963 g/mol. The Morgan fingerprint density at radius 1 is 0.741 bits per heavy atom. The first-order valence-electron chi connectivity index (χ1n) is 21.0. The van der Waals surface area contributed by atoms with Gasteiger partial charge in [0, 0.05) is 30.5 Å². The Morgan fingerprint density at radius 2 is 1.45 bits per heavy atom. The Hall–Kier alpha value is -3.87. The number of hydrogen-bond donors (Lipinski definition) is 0. The molecule has 0 amide bonds. The van der Waals surface area contributed by atoms with Crippen molar-refractivity contribution < 1.29 is 20.1 Å². The number of para-hydroxylation sites is 3. The first-order valence-corrected chi connectivity index (χ1v) is 29.1. The van der Waals surface area contributed by atoms with Gasteiger partial charge in [0.15, 0.2) is 0 Å². The summed E-state index contributed by atoms with van der Waals surface area (Å²) in [6.45, 7) is 9.10. The zero-order valence-electron chi connectivity index (χ0n) is 35.0. The van der Waals surface area contributed by atoms with Gasteiger partial charge in [-0.2, -0.15) is 11.3 Å². The van der Waals surface area contributed by atoms with Gasteiger partial charge in [-0.15, -0.1) is 23.8 Å². The number of fused-ring (bicyclic) bond motifs is 4. The van der Waals surface area contributed by atoms with E-state index < -0.39 is 13.3 Å². The SMILES string of the molecule is CC(C)c1cccc(C(C)C)c1-n1c(-c2[c-]cc3sc4ccccc4c3c2)nc2ccccc21.[CH3][Ge]([CH3])([CH3])[c]1cnc(-c2[c-]cccc2)cc1CC1CCCCC1.[Ir]. The molecule has 1 aliphatic carbocycles. The second-order valence-corrected chi connectivity index (χ2v) is 29.2. The molecule has 0 bridgehead atoms. The fourth-order valence-corrected chi connectivity index (χ4v) is 13.1. The van der Waals surface area contributed by atoms with Gasteiger partial charge in [-0.25, -0.2) is 0 Å². The van der Waals surface area contributed by atoms with Crippen LogP contribution in [0.4, 0.5) is 0 Å². The third-order valence-electron chi connectivity index (χ3n) is 11.7. The van der Waals surface area contributed by atoms with Crippen LogP contribution >= 0.6 is 11.3 Å². The number of rotatable bonds is 8. The van der Waals surface area contributed by atoms with Gasteiger partial charge in [-0.3, -0.25) is 4.98 Å². The molecule has 0 unspecified atom stereocenters. The third-order valence-corrected chi connectivity index (χ3v) is 17.2. The number of benzene rings is 5. The molecule has 3 nitrogen and oxygen atoms in total. The van der Waals surface area contributed by atoms with E-state index in [1.165, 1.54) is 75.5 Å². The summed E-state index contributed by atoms with van der Waals surface area (Å²) in [5.41, 5.74) is 10.9. The van der Waals surface area contributed by atoms with E-state index >= 15 is 0 Å². The van der Waals surface area contributed by atoms with E-state index in [-0.39, 0.29) is 20.1 Å². The molecule has 3 heterocycles. The molecule has 299 valence electrons. The van der Waals surface area contributed by atoms with Crippen LogP contribution in [0.15, 0.2) is 115 Å². The van der Waals surface area contributed by atoms with E-state index in [0.717, 1.165) is 39.6 Å². The van der Waals surface area contributed by atoms with E-state index in [2.05, 4.69) is 165 Å². The number of thiophene rings is 1. The molecule has 1 saturated carbocycles. The summed E-state index contributed by atoms with van der Waals surface area (Å²) in [6, 6.07) is 45.7. The van der Waals surface area contributed by atoms with Crippen molar-refractivity contribution in [3.63, 3.8) is 0 Å². The van der Waals surface area contributed by atoms with Crippen LogP contribution in [0.2, 0.25) is 17.3 Å². The van der Waals surface area contributed by atoms with Gasteiger partial charge in [0.2, 0.25) is 0 Å². The first-order chi connectivity index (χ1) is 27.6. The fraction of sp³-hybridized carbons (Fsp3) is 0.308. The van der Waals surface area contributed by atoms with Gasteiger partial charge in [0.25, 0.3) is 0 Å². The average molecular weight is 1020 g/mol. The predicted octanol–water partition coefficient (Wildman–Crippen LogP) is 14.3. The molecule has 58 heavy (non-hydrogen) atoms. The Bertz CT molecular complexity index is 2620. The Labute approximate surface area is 366 Å². The quantitative estimate of drug-likeness (QED) is 0.112. The molecule has 1 fully saturated rings. The smallest absolute Gasteiger partial charge is 0 e. The standard InChI is InChI=1S/C31H27N2S.C21H28GeN.Ir/c1-19(2)22-11-9-12-23(20(3)4)30(22)33-27-14-7-6-13-26(27)32-31(33)21-16-17-29-25(18-21)24-10-5-8-15-28(24)34-29;1-22(2,3)20-16-23-21(18-12-8-5-9-13-18)15-19(20)14-17-10-6-4-7-11-17;/h5-15,17-20H,1-4H3;5,8-9,12,15-17H,4,6-7,10-11,14H2,1-3H3;/q2*-1;. The normalized spacial score (nSPS) is 13.6. The summed E-state index contributed by atoms with van der Waals surface area (Å²) in [4.78, 5) is 9.95. The average Bonchev–Trinajstić information content (AvgIpc) is 3.79. The number of aromatic nitrogens is 3. The Morgan fingerprint density at radius 3 is 2.16 bits per heavy atom. The molecule has 5 aromatic carbocycles. The van der Waals surface area contributed by atoms with Crippen molar-refractivity contribution in [2.45, 2.75) is 95.3 Å². The molecule has 9 rings (SSSR count). The summed E-state index contributed by atoms with van der Waals surface area (Å²) < 4.78 is 6.55. The van der Waals surface area contributed by atoms with Crippen LogP contribution in [-0.4, -0.2) is 27.8 Å². The van der Waals surface area contributed by atoms with Crippen molar-refractivity contribution in [1.29, 1.82) is 0 Å². The minimum Gasteiger partial charge on any atom is 0 e. The number of nitrogens with zero attached hydrogens (tertiary/aromatic N) is 3. The molecule has 0 atom stereocenters. The summed E-state index contributed by atoms with van der Waals surface area (Å²) in [5.74, 6) is 10.1. The van der Waals surface area contributed by atoms with E-state index in [0.29, 0.717) is 11.8 Å². The van der Waals surface area contributed by atoms with Crippen LogP contribution in [0.3, 0.4) is 0 Å². The van der Waals surface area contributed by atoms with Crippen LogP contribution in [0, 0.1) is 18.1 Å². The summed E-state index contributed by atoms with van der Waals surface area (Å²) in [6.07, 6.45) is 10.5. The fourth-order valence-electron chi connectivity index (χ4n) is 8.75. The van der Waals surface area contributed by atoms with Gasteiger partial charge < -0.3 is 4.57 Å².